The summed E-state index contributed by atoms with van der Waals surface area (Å²) >= 11 is 8.11. The average Bonchev–Trinajstić information content (AvgIpc) is 2.64. The van der Waals surface area contributed by atoms with Crippen molar-refractivity contribution in [2.24, 2.45) is 5.41 Å². The molecule has 156 valence electrons. The number of aliphatic hydroxyl groups is 2. The second kappa shape index (κ2) is 16.1. The lowest BCUT2D eigenvalue weighted by atomic mass is 9.72. The molecule has 1 amide bonds. The molecule has 0 bridgehead atoms. The van der Waals surface area contributed by atoms with Crippen LogP contribution >= 0.6 is 25.6 Å². The summed E-state index contributed by atoms with van der Waals surface area (Å²) in [6.45, 7) is 3.97. The maximum Gasteiger partial charge on any atom is 0.251 e. The number of carbonyl (C=O) groups is 1. The van der Waals surface area contributed by atoms with Crippen molar-refractivity contribution in [2.75, 3.05) is 6.61 Å². The maximum atomic E-state index is 12.8. The number of unbranched alkanes of at least 4 members (excludes halogenated alkanes) is 10. The summed E-state index contributed by atoms with van der Waals surface area (Å²) in [4.78, 5) is 12.8. The Morgan fingerprint density at radius 3 is 1.58 bits per heavy atom. The van der Waals surface area contributed by atoms with Gasteiger partial charge in [0.05, 0.1) is 18.1 Å². The molecule has 0 saturated carbocycles. The summed E-state index contributed by atoms with van der Waals surface area (Å²) in [5.74, 6) is -0.298. The van der Waals surface area contributed by atoms with E-state index in [1.54, 1.807) is 0 Å². The zero-order valence-electron chi connectivity index (χ0n) is 16.8. The van der Waals surface area contributed by atoms with Crippen molar-refractivity contribution in [3.8, 4) is 0 Å². The predicted octanol–water partition coefficient (Wildman–Crippen LogP) is 5.35. The van der Waals surface area contributed by atoms with E-state index in [-0.39, 0.29) is 5.91 Å². The molecule has 0 heterocycles. The number of hydrogen-bond donors (Lipinski definition) is 4. The summed E-state index contributed by atoms with van der Waals surface area (Å²) in [5.41, 5.74) is -0.978. The fraction of sp³-hybridized carbons (Fsp3) is 0.950. The van der Waals surface area contributed by atoms with Crippen LogP contribution < -0.4 is 0 Å². The van der Waals surface area contributed by atoms with Gasteiger partial charge < -0.3 is 10.2 Å². The smallest absolute Gasteiger partial charge is 0.251 e. The molecule has 0 rings (SSSR count). The van der Waals surface area contributed by atoms with Crippen molar-refractivity contribution < 1.29 is 15.0 Å². The fourth-order valence-electron chi connectivity index (χ4n) is 3.63. The highest BCUT2D eigenvalue weighted by Gasteiger charge is 2.45. The zero-order valence-corrected chi connectivity index (χ0v) is 18.6. The van der Waals surface area contributed by atoms with Gasteiger partial charge in [-0.3, -0.25) is 4.79 Å². The molecular weight excluding hydrogens is 366 g/mol. The summed E-state index contributed by atoms with van der Waals surface area (Å²) in [6, 6.07) is 0. The largest absolute Gasteiger partial charge is 0.394 e. The lowest BCUT2D eigenvalue weighted by molar-refractivity contribution is -0.144. The molecule has 0 fully saturated rings. The van der Waals surface area contributed by atoms with Crippen molar-refractivity contribution in [1.82, 2.24) is 3.71 Å². The van der Waals surface area contributed by atoms with Gasteiger partial charge in [-0.1, -0.05) is 117 Å². The van der Waals surface area contributed by atoms with Gasteiger partial charge in [0.2, 0.25) is 0 Å². The molecule has 0 radical (unpaired) electrons. The van der Waals surface area contributed by atoms with Gasteiger partial charge in [-0.25, -0.2) is 3.71 Å². The maximum absolute atomic E-state index is 12.8. The van der Waals surface area contributed by atoms with Crippen LogP contribution in [0.1, 0.15) is 104 Å². The molecular formula is C20H41NO3S2. The standard InChI is InChI=1S/C20H41NO3S2/c1-3-5-7-9-11-13-15-20(18(23)17-22,19(24)21(25)26)16-14-12-10-8-6-4-2/h18,22-23,25-26H,3-17H2,1-2H3. The Balaban J connectivity index is 4.81. The highest BCUT2D eigenvalue weighted by atomic mass is 32.2. The second-order valence-corrected chi connectivity index (χ2v) is 8.60. The van der Waals surface area contributed by atoms with Crippen LogP contribution in [0.3, 0.4) is 0 Å². The Hall–Kier alpha value is 0.0900. The van der Waals surface area contributed by atoms with Crippen LogP contribution in [0.5, 0.6) is 0 Å². The molecule has 0 aromatic rings. The van der Waals surface area contributed by atoms with Gasteiger partial charge >= 0.3 is 0 Å². The molecule has 0 aliphatic rings. The summed E-state index contributed by atoms with van der Waals surface area (Å²) in [7, 11) is 0. The van der Waals surface area contributed by atoms with Crippen LogP contribution in [-0.4, -0.2) is 32.5 Å². The molecule has 0 aliphatic heterocycles. The monoisotopic (exact) mass is 407 g/mol. The van der Waals surface area contributed by atoms with Gasteiger partial charge in [-0.15, -0.1) is 0 Å². The first-order chi connectivity index (χ1) is 12.5. The third-order valence-electron chi connectivity index (χ3n) is 5.37. The lowest BCUT2D eigenvalue weighted by Crippen LogP contribution is -2.47. The third kappa shape index (κ3) is 9.86. The topological polar surface area (TPSA) is 60.8 Å². The molecule has 1 atom stereocenters. The fourth-order valence-corrected chi connectivity index (χ4v) is 4.03. The minimum absolute atomic E-state index is 0.298. The van der Waals surface area contributed by atoms with Crippen LogP contribution in [0.25, 0.3) is 0 Å². The van der Waals surface area contributed by atoms with Crippen molar-refractivity contribution in [1.29, 1.82) is 0 Å². The molecule has 4 nitrogen and oxygen atoms in total. The normalized spacial score (nSPS) is 13.0. The quantitative estimate of drug-likeness (QED) is 0.194. The number of rotatable bonds is 17. The van der Waals surface area contributed by atoms with E-state index in [0.29, 0.717) is 12.8 Å². The number of hydrogen-bond acceptors (Lipinski definition) is 5. The van der Waals surface area contributed by atoms with E-state index in [1.807, 2.05) is 0 Å². The van der Waals surface area contributed by atoms with E-state index in [4.69, 9.17) is 0 Å². The summed E-state index contributed by atoms with van der Waals surface area (Å²) < 4.78 is 0.979. The van der Waals surface area contributed by atoms with E-state index in [1.165, 1.54) is 38.5 Å². The average molecular weight is 408 g/mol. The molecule has 1 unspecified atom stereocenters. The number of thiol groups is 2. The SMILES string of the molecule is CCCCCCCCC(CCCCCCCC)(C(=O)N(S)S)C(O)CO. The summed E-state index contributed by atoms with van der Waals surface area (Å²) in [6.07, 6.45) is 13.5. The minimum Gasteiger partial charge on any atom is -0.394 e. The van der Waals surface area contributed by atoms with E-state index in [9.17, 15) is 15.0 Å². The second-order valence-electron chi connectivity index (χ2n) is 7.48. The Labute approximate surface area is 172 Å². The van der Waals surface area contributed by atoms with Crippen LogP contribution in [0.4, 0.5) is 0 Å². The molecule has 2 N–H and O–H groups in total. The first-order valence-electron chi connectivity index (χ1n) is 10.5. The zero-order chi connectivity index (χ0) is 19.8. The number of aliphatic hydroxyl groups excluding tert-OH is 2. The minimum atomic E-state index is -1.07. The Kier molecular flexibility index (Phi) is 16.1. The molecule has 26 heavy (non-hydrogen) atoms. The van der Waals surface area contributed by atoms with Crippen LogP contribution in [0, 0.1) is 5.41 Å². The number of carbonyl (C=O) groups excluding carboxylic acids is 1. The van der Waals surface area contributed by atoms with Crippen molar-refractivity contribution in [2.45, 2.75) is 110 Å². The molecule has 0 aliphatic carbocycles. The van der Waals surface area contributed by atoms with E-state index in [2.05, 4.69) is 39.5 Å². The van der Waals surface area contributed by atoms with Crippen molar-refractivity contribution in [3.63, 3.8) is 0 Å². The van der Waals surface area contributed by atoms with Gasteiger partial charge in [0.15, 0.2) is 0 Å². The lowest BCUT2D eigenvalue weighted by Gasteiger charge is -2.37. The Morgan fingerprint density at radius 1 is 0.846 bits per heavy atom. The molecule has 0 saturated heterocycles. The predicted molar refractivity (Wildman–Crippen MR) is 116 cm³/mol. The van der Waals surface area contributed by atoms with Crippen LogP contribution in [-0.2, 0) is 4.79 Å². The van der Waals surface area contributed by atoms with Crippen LogP contribution in [0.15, 0.2) is 0 Å². The Morgan fingerprint density at radius 2 is 1.23 bits per heavy atom. The number of amides is 1. The van der Waals surface area contributed by atoms with Gasteiger partial charge in [0, 0.05) is 0 Å². The van der Waals surface area contributed by atoms with E-state index >= 15 is 0 Å². The molecule has 0 spiro atoms. The molecule has 0 aromatic heterocycles. The first kappa shape index (κ1) is 26.1. The Bertz CT molecular complexity index is 338. The summed E-state index contributed by atoms with van der Waals surface area (Å²) in [5, 5.41) is 20.1. The number of nitrogens with zero attached hydrogens (tertiary/aromatic N) is 1. The molecule has 6 heteroatoms. The molecule has 0 aromatic carbocycles. The third-order valence-corrected chi connectivity index (χ3v) is 5.73. The van der Waals surface area contributed by atoms with Gasteiger partial charge in [-0.05, 0) is 12.8 Å². The van der Waals surface area contributed by atoms with Crippen molar-refractivity contribution in [3.05, 3.63) is 0 Å². The van der Waals surface area contributed by atoms with Gasteiger partial charge in [-0.2, -0.15) is 0 Å². The highest BCUT2D eigenvalue weighted by Crippen LogP contribution is 2.38. The van der Waals surface area contributed by atoms with E-state index in [0.717, 1.165) is 42.2 Å². The van der Waals surface area contributed by atoms with E-state index < -0.39 is 18.1 Å². The van der Waals surface area contributed by atoms with Crippen molar-refractivity contribution >= 4 is 31.5 Å². The van der Waals surface area contributed by atoms with Gasteiger partial charge in [0.1, 0.15) is 0 Å². The van der Waals surface area contributed by atoms with Gasteiger partial charge in [0.25, 0.3) is 5.91 Å². The first-order valence-corrected chi connectivity index (χ1v) is 11.3. The highest BCUT2D eigenvalue weighted by molar-refractivity contribution is 7.94. The van der Waals surface area contributed by atoms with Crippen LogP contribution in [0.2, 0.25) is 0 Å².